The number of benzene rings is 2. The first-order valence-electron chi connectivity index (χ1n) is 6.42. The van der Waals surface area contributed by atoms with Gasteiger partial charge in [-0.2, -0.15) is 0 Å². The second-order valence-electron chi connectivity index (χ2n) is 4.67. The van der Waals surface area contributed by atoms with Gasteiger partial charge in [0.2, 0.25) is 5.89 Å². The van der Waals surface area contributed by atoms with Gasteiger partial charge in [-0.05, 0) is 36.8 Å². The molecule has 2 aromatic carbocycles. The zero-order valence-electron chi connectivity index (χ0n) is 11.3. The summed E-state index contributed by atoms with van der Waals surface area (Å²) < 4.78 is 5.58. The van der Waals surface area contributed by atoms with Gasteiger partial charge in [0, 0.05) is 12.1 Å². The highest BCUT2D eigenvalue weighted by atomic mass is 16.6. The highest BCUT2D eigenvalue weighted by Gasteiger charge is 2.10. The smallest absolute Gasteiger partial charge is 0.276 e. The van der Waals surface area contributed by atoms with Crippen LogP contribution in [0.3, 0.4) is 0 Å². The number of nitrogens with zero attached hydrogens (tertiary/aromatic N) is 2. The summed E-state index contributed by atoms with van der Waals surface area (Å²) in [6.07, 6.45) is 3.27. The first kappa shape index (κ1) is 13.1. The lowest BCUT2D eigenvalue weighted by atomic mass is 10.1. The minimum absolute atomic E-state index is 0.0562. The molecule has 0 unspecified atom stereocenters. The van der Waals surface area contributed by atoms with Crippen molar-refractivity contribution in [2.45, 2.75) is 6.92 Å². The molecule has 104 valence electrons. The molecule has 0 aliphatic rings. The van der Waals surface area contributed by atoms with Crippen molar-refractivity contribution in [3.8, 4) is 0 Å². The quantitative estimate of drug-likeness (QED) is 0.532. The van der Waals surface area contributed by atoms with Crippen LogP contribution in [0.15, 0.2) is 46.9 Å². The Morgan fingerprint density at radius 2 is 2.00 bits per heavy atom. The molecule has 0 bridgehead atoms. The summed E-state index contributed by atoms with van der Waals surface area (Å²) in [5.41, 5.74) is 3.15. The normalized spacial score (nSPS) is 11.3. The number of aromatic nitrogens is 1. The molecule has 0 spiro atoms. The lowest BCUT2D eigenvalue weighted by molar-refractivity contribution is -0.385. The maximum atomic E-state index is 10.9. The van der Waals surface area contributed by atoms with Crippen molar-refractivity contribution in [3.63, 3.8) is 0 Å². The monoisotopic (exact) mass is 280 g/mol. The Morgan fingerprint density at radius 3 is 2.81 bits per heavy atom. The summed E-state index contributed by atoms with van der Waals surface area (Å²) in [5.74, 6) is 0.425. The maximum absolute atomic E-state index is 10.9. The Labute approximate surface area is 120 Å². The molecular weight excluding hydrogens is 268 g/mol. The first-order valence-corrected chi connectivity index (χ1v) is 6.42. The molecule has 5 heteroatoms. The second-order valence-corrected chi connectivity index (χ2v) is 4.67. The maximum Gasteiger partial charge on any atom is 0.276 e. The van der Waals surface area contributed by atoms with E-state index in [2.05, 4.69) is 4.98 Å². The molecule has 5 nitrogen and oxygen atoms in total. The molecule has 1 aromatic heterocycles. The fourth-order valence-corrected chi connectivity index (χ4v) is 2.08. The van der Waals surface area contributed by atoms with E-state index in [0.29, 0.717) is 17.0 Å². The minimum atomic E-state index is -0.408. The second kappa shape index (κ2) is 5.20. The molecule has 0 N–H and O–H groups in total. The highest BCUT2D eigenvalue weighted by Crippen LogP contribution is 2.22. The third-order valence-corrected chi connectivity index (χ3v) is 3.10. The molecule has 3 aromatic rings. The Bertz CT molecular complexity index is 850. The highest BCUT2D eigenvalue weighted by molar-refractivity contribution is 5.77. The largest absolute Gasteiger partial charge is 0.437 e. The van der Waals surface area contributed by atoms with Crippen LogP contribution in [0.5, 0.6) is 0 Å². The number of hydrogen-bond donors (Lipinski definition) is 0. The Balaban J connectivity index is 1.96. The van der Waals surface area contributed by atoms with Crippen molar-refractivity contribution in [2.75, 3.05) is 0 Å². The minimum Gasteiger partial charge on any atom is -0.437 e. The average molecular weight is 280 g/mol. The van der Waals surface area contributed by atoms with Gasteiger partial charge in [-0.25, -0.2) is 4.98 Å². The third-order valence-electron chi connectivity index (χ3n) is 3.10. The summed E-state index contributed by atoms with van der Waals surface area (Å²) in [4.78, 5) is 14.9. The SMILES string of the molecule is Cc1ccc2oc(/C=C/c3ccccc3[N+](=O)[O-])nc2c1. The van der Waals surface area contributed by atoms with Gasteiger partial charge < -0.3 is 4.42 Å². The number of nitro benzene ring substituents is 1. The Kier molecular flexibility index (Phi) is 3.23. The first-order chi connectivity index (χ1) is 10.1. The van der Waals surface area contributed by atoms with Gasteiger partial charge in [-0.15, -0.1) is 0 Å². The molecule has 0 radical (unpaired) electrons. The summed E-state index contributed by atoms with van der Waals surface area (Å²) >= 11 is 0. The molecule has 1 heterocycles. The van der Waals surface area contributed by atoms with Crippen molar-refractivity contribution >= 4 is 28.9 Å². The predicted molar refractivity (Wildman–Crippen MR) is 80.8 cm³/mol. The standard InChI is InChI=1S/C16H12N2O3/c1-11-6-8-15-13(10-11)17-16(21-15)9-7-12-4-2-3-5-14(12)18(19)20/h2-10H,1H3/b9-7+. The third kappa shape index (κ3) is 2.67. The van der Waals surface area contributed by atoms with Gasteiger partial charge in [-0.3, -0.25) is 10.1 Å². The van der Waals surface area contributed by atoms with Crippen LogP contribution in [0.4, 0.5) is 5.69 Å². The van der Waals surface area contributed by atoms with Gasteiger partial charge in [0.1, 0.15) is 5.52 Å². The molecule has 21 heavy (non-hydrogen) atoms. The molecule has 0 atom stereocenters. The van der Waals surface area contributed by atoms with Crippen LogP contribution >= 0.6 is 0 Å². The van der Waals surface area contributed by atoms with Crippen LogP contribution in [0.2, 0.25) is 0 Å². The van der Waals surface area contributed by atoms with Crippen LogP contribution in [-0.4, -0.2) is 9.91 Å². The summed E-state index contributed by atoms with van der Waals surface area (Å²) in [7, 11) is 0. The molecule has 0 saturated heterocycles. The molecule has 3 rings (SSSR count). The number of fused-ring (bicyclic) bond motifs is 1. The Hall–Kier alpha value is -2.95. The lowest BCUT2D eigenvalue weighted by Gasteiger charge is -1.95. The lowest BCUT2D eigenvalue weighted by Crippen LogP contribution is -1.90. The van der Waals surface area contributed by atoms with E-state index >= 15 is 0 Å². The van der Waals surface area contributed by atoms with Crippen LogP contribution in [0.25, 0.3) is 23.3 Å². The van der Waals surface area contributed by atoms with Gasteiger partial charge in [0.15, 0.2) is 5.58 Å². The topological polar surface area (TPSA) is 69.2 Å². The van der Waals surface area contributed by atoms with Gasteiger partial charge >= 0.3 is 0 Å². The van der Waals surface area contributed by atoms with Crippen LogP contribution in [-0.2, 0) is 0 Å². The molecule has 0 aliphatic carbocycles. The molecule has 0 fully saturated rings. The van der Waals surface area contributed by atoms with E-state index in [1.54, 1.807) is 30.4 Å². The summed E-state index contributed by atoms with van der Waals surface area (Å²) in [6.45, 7) is 1.98. The van der Waals surface area contributed by atoms with Crippen LogP contribution in [0.1, 0.15) is 17.0 Å². The zero-order valence-corrected chi connectivity index (χ0v) is 11.3. The zero-order chi connectivity index (χ0) is 14.8. The number of oxazole rings is 1. The van der Waals surface area contributed by atoms with E-state index < -0.39 is 4.92 Å². The fraction of sp³-hybridized carbons (Fsp3) is 0.0625. The van der Waals surface area contributed by atoms with Crippen molar-refractivity contribution in [1.29, 1.82) is 0 Å². The van der Waals surface area contributed by atoms with E-state index in [1.165, 1.54) is 6.07 Å². The van der Waals surface area contributed by atoms with Crippen molar-refractivity contribution < 1.29 is 9.34 Å². The number of rotatable bonds is 3. The predicted octanol–water partition coefficient (Wildman–Crippen LogP) is 4.21. The van der Waals surface area contributed by atoms with Crippen molar-refractivity contribution in [2.24, 2.45) is 0 Å². The number of para-hydroxylation sites is 1. The number of aryl methyl sites for hydroxylation is 1. The number of hydrogen-bond acceptors (Lipinski definition) is 4. The molecule has 0 aliphatic heterocycles. The van der Waals surface area contributed by atoms with E-state index in [4.69, 9.17) is 4.42 Å². The van der Waals surface area contributed by atoms with Gasteiger partial charge in [0.25, 0.3) is 5.69 Å². The van der Waals surface area contributed by atoms with Crippen molar-refractivity contribution in [1.82, 2.24) is 4.98 Å². The summed E-state index contributed by atoms with van der Waals surface area (Å²) in [6, 6.07) is 12.3. The Morgan fingerprint density at radius 1 is 1.19 bits per heavy atom. The van der Waals surface area contributed by atoms with Gasteiger partial charge in [-0.1, -0.05) is 18.2 Å². The number of nitro groups is 1. The molecule has 0 amide bonds. The average Bonchev–Trinajstić information content (AvgIpc) is 2.87. The fourth-order valence-electron chi connectivity index (χ4n) is 2.08. The van der Waals surface area contributed by atoms with Crippen LogP contribution < -0.4 is 0 Å². The van der Waals surface area contributed by atoms with E-state index in [1.807, 2.05) is 25.1 Å². The van der Waals surface area contributed by atoms with E-state index in [-0.39, 0.29) is 5.69 Å². The van der Waals surface area contributed by atoms with E-state index in [9.17, 15) is 10.1 Å². The van der Waals surface area contributed by atoms with E-state index in [0.717, 1.165) is 11.1 Å². The molecule has 0 saturated carbocycles. The van der Waals surface area contributed by atoms with Crippen LogP contribution in [0, 0.1) is 17.0 Å². The van der Waals surface area contributed by atoms with Crippen molar-refractivity contribution in [3.05, 3.63) is 69.6 Å². The summed E-state index contributed by atoms with van der Waals surface area (Å²) in [5, 5.41) is 10.9. The molecular formula is C16H12N2O3. The van der Waals surface area contributed by atoms with Gasteiger partial charge in [0.05, 0.1) is 10.5 Å².